The fraction of sp³-hybridized carbons (Fsp3) is 0.385. The van der Waals surface area contributed by atoms with Gasteiger partial charge in [-0.1, -0.05) is 5.16 Å². The van der Waals surface area contributed by atoms with Gasteiger partial charge in [0, 0.05) is 24.9 Å². The predicted octanol–water partition coefficient (Wildman–Crippen LogP) is 2.41. The number of benzene rings is 1. The number of hydrogen-bond acceptors (Lipinski definition) is 5. The molecule has 0 fully saturated rings. The van der Waals surface area contributed by atoms with Crippen LogP contribution in [0, 0.1) is 0 Å². The van der Waals surface area contributed by atoms with Gasteiger partial charge in [-0.05, 0) is 37.1 Å². The Morgan fingerprint density at radius 1 is 1.44 bits per heavy atom. The lowest BCUT2D eigenvalue weighted by Gasteiger charge is -2.01. The molecule has 1 aliphatic heterocycles. The normalized spacial score (nSPS) is 15.2. The number of fused-ring (bicyclic) bond motifs is 1. The molecule has 2 heterocycles. The maximum atomic E-state index is 5.27. The van der Waals surface area contributed by atoms with E-state index in [4.69, 9.17) is 9.26 Å². The molecule has 0 spiro atoms. The lowest BCUT2D eigenvalue weighted by molar-refractivity contribution is 0.109. The zero-order chi connectivity index (χ0) is 12.5. The second kappa shape index (κ2) is 4.42. The van der Waals surface area contributed by atoms with E-state index >= 15 is 0 Å². The summed E-state index contributed by atoms with van der Waals surface area (Å²) < 4.78 is 10.4. The van der Waals surface area contributed by atoms with Gasteiger partial charge in [0.05, 0.1) is 0 Å². The van der Waals surface area contributed by atoms with Crippen LogP contribution in [0.25, 0.3) is 11.5 Å². The Labute approximate surface area is 105 Å². The average Bonchev–Trinajstić information content (AvgIpc) is 3.05. The van der Waals surface area contributed by atoms with E-state index in [0.717, 1.165) is 18.5 Å². The minimum absolute atomic E-state index is 0.154. The van der Waals surface area contributed by atoms with Gasteiger partial charge in [-0.3, -0.25) is 0 Å². The molecular formula is C13H15N3O2. The monoisotopic (exact) mass is 245 g/mol. The first kappa shape index (κ1) is 11.2. The summed E-state index contributed by atoms with van der Waals surface area (Å²) in [6, 6.07) is 6.15. The molecular weight excluding hydrogens is 230 g/mol. The van der Waals surface area contributed by atoms with Crippen molar-refractivity contribution >= 4 is 5.69 Å². The molecule has 1 atom stereocenters. The summed E-state index contributed by atoms with van der Waals surface area (Å²) in [4.78, 5) is 4.35. The van der Waals surface area contributed by atoms with Crippen LogP contribution in [-0.2, 0) is 11.2 Å². The largest absolute Gasteiger partial charge is 0.384 e. The SMILES string of the molecule is COC(C)c1noc(-c2ccc3c(c2)CCN3)n1. The number of anilines is 1. The fourth-order valence-corrected chi connectivity index (χ4v) is 2.06. The molecule has 1 aromatic heterocycles. The third-order valence-electron chi connectivity index (χ3n) is 3.22. The molecule has 94 valence electrons. The number of rotatable bonds is 3. The summed E-state index contributed by atoms with van der Waals surface area (Å²) >= 11 is 0. The molecule has 0 aliphatic carbocycles. The highest BCUT2D eigenvalue weighted by Crippen LogP contribution is 2.28. The van der Waals surface area contributed by atoms with Crippen molar-refractivity contribution in [2.45, 2.75) is 19.4 Å². The van der Waals surface area contributed by atoms with Gasteiger partial charge in [0.25, 0.3) is 5.89 Å². The van der Waals surface area contributed by atoms with Crippen molar-refractivity contribution in [1.82, 2.24) is 10.1 Å². The summed E-state index contributed by atoms with van der Waals surface area (Å²) in [7, 11) is 1.63. The summed E-state index contributed by atoms with van der Waals surface area (Å²) in [5.74, 6) is 1.12. The quantitative estimate of drug-likeness (QED) is 0.899. The summed E-state index contributed by atoms with van der Waals surface area (Å²) in [5.41, 5.74) is 3.45. The van der Waals surface area contributed by atoms with Gasteiger partial charge >= 0.3 is 0 Å². The summed E-state index contributed by atoms with van der Waals surface area (Å²) in [6.07, 6.45) is 0.886. The molecule has 18 heavy (non-hydrogen) atoms. The predicted molar refractivity (Wildman–Crippen MR) is 67.4 cm³/mol. The van der Waals surface area contributed by atoms with Gasteiger partial charge in [0.15, 0.2) is 0 Å². The molecule has 0 saturated carbocycles. The molecule has 5 nitrogen and oxygen atoms in total. The standard InChI is InChI=1S/C13H15N3O2/c1-8(17-2)12-15-13(18-16-12)10-3-4-11-9(7-10)5-6-14-11/h3-4,7-8,14H,5-6H2,1-2H3. The highest BCUT2D eigenvalue weighted by molar-refractivity contribution is 5.64. The van der Waals surface area contributed by atoms with Crippen LogP contribution in [-0.4, -0.2) is 23.8 Å². The van der Waals surface area contributed by atoms with Gasteiger partial charge in [0.2, 0.25) is 5.82 Å². The average molecular weight is 245 g/mol. The van der Waals surface area contributed by atoms with Crippen LogP contribution >= 0.6 is 0 Å². The van der Waals surface area contributed by atoms with E-state index in [9.17, 15) is 0 Å². The third kappa shape index (κ3) is 1.86. The van der Waals surface area contributed by atoms with Crippen LogP contribution in [0.15, 0.2) is 22.7 Å². The molecule has 0 saturated heterocycles. The zero-order valence-corrected chi connectivity index (χ0v) is 10.4. The maximum absolute atomic E-state index is 5.27. The molecule has 1 N–H and O–H groups in total. The van der Waals surface area contributed by atoms with Crippen molar-refractivity contribution in [3.05, 3.63) is 29.6 Å². The van der Waals surface area contributed by atoms with Gasteiger partial charge in [-0.2, -0.15) is 4.98 Å². The first-order chi connectivity index (χ1) is 8.78. The molecule has 0 amide bonds. The Kier molecular flexibility index (Phi) is 2.76. The maximum Gasteiger partial charge on any atom is 0.258 e. The van der Waals surface area contributed by atoms with Gasteiger partial charge < -0.3 is 14.6 Å². The molecule has 1 aliphatic rings. The van der Waals surface area contributed by atoms with E-state index in [1.165, 1.54) is 11.3 Å². The van der Waals surface area contributed by atoms with Crippen molar-refractivity contribution in [2.75, 3.05) is 19.0 Å². The summed E-state index contributed by atoms with van der Waals surface area (Å²) in [5, 5.41) is 7.25. The second-order valence-electron chi connectivity index (χ2n) is 4.38. The first-order valence-corrected chi connectivity index (χ1v) is 6.01. The van der Waals surface area contributed by atoms with Gasteiger partial charge in [0.1, 0.15) is 6.10 Å². The van der Waals surface area contributed by atoms with Gasteiger partial charge in [-0.15, -0.1) is 0 Å². The van der Waals surface area contributed by atoms with Crippen LogP contribution in [0.4, 0.5) is 5.69 Å². The van der Waals surface area contributed by atoms with Crippen LogP contribution < -0.4 is 5.32 Å². The molecule has 3 rings (SSSR count). The smallest absolute Gasteiger partial charge is 0.258 e. The van der Waals surface area contributed by atoms with Crippen LogP contribution in [0.2, 0.25) is 0 Å². The Morgan fingerprint density at radius 2 is 2.33 bits per heavy atom. The van der Waals surface area contributed by atoms with E-state index < -0.39 is 0 Å². The lowest BCUT2D eigenvalue weighted by Crippen LogP contribution is -1.97. The first-order valence-electron chi connectivity index (χ1n) is 6.01. The number of hydrogen-bond donors (Lipinski definition) is 1. The van der Waals surface area contributed by atoms with Gasteiger partial charge in [-0.25, -0.2) is 0 Å². The fourth-order valence-electron chi connectivity index (χ4n) is 2.06. The van der Waals surface area contributed by atoms with Crippen molar-refractivity contribution in [3.63, 3.8) is 0 Å². The van der Waals surface area contributed by atoms with Crippen LogP contribution in [0.1, 0.15) is 24.4 Å². The minimum atomic E-state index is -0.154. The second-order valence-corrected chi connectivity index (χ2v) is 4.38. The number of aromatic nitrogens is 2. The number of nitrogens with zero attached hydrogens (tertiary/aromatic N) is 2. The third-order valence-corrected chi connectivity index (χ3v) is 3.22. The Balaban J connectivity index is 1.92. The van der Waals surface area contributed by atoms with Crippen LogP contribution in [0.3, 0.4) is 0 Å². The number of methoxy groups -OCH3 is 1. The molecule has 0 bridgehead atoms. The Hall–Kier alpha value is -1.88. The van der Waals surface area contributed by atoms with Crippen molar-refractivity contribution in [1.29, 1.82) is 0 Å². The minimum Gasteiger partial charge on any atom is -0.384 e. The highest BCUT2D eigenvalue weighted by atomic mass is 16.5. The Morgan fingerprint density at radius 3 is 3.17 bits per heavy atom. The van der Waals surface area contributed by atoms with Crippen molar-refractivity contribution < 1.29 is 9.26 Å². The number of ether oxygens (including phenoxy) is 1. The topological polar surface area (TPSA) is 60.2 Å². The highest BCUT2D eigenvalue weighted by Gasteiger charge is 2.16. The molecule has 1 unspecified atom stereocenters. The molecule has 0 radical (unpaired) electrons. The van der Waals surface area contributed by atoms with Crippen LogP contribution in [0.5, 0.6) is 0 Å². The number of nitrogens with one attached hydrogen (secondary N) is 1. The summed E-state index contributed by atoms with van der Waals surface area (Å²) in [6.45, 7) is 2.88. The van der Waals surface area contributed by atoms with Crippen molar-refractivity contribution in [3.8, 4) is 11.5 Å². The van der Waals surface area contributed by atoms with E-state index in [2.05, 4.69) is 27.6 Å². The lowest BCUT2D eigenvalue weighted by atomic mass is 10.1. The zero-order valence-electron chi connectivity index (χ0n) is 10.4. The Bertz CT molecular complexity index is 565. The van der Waals surface area contributed by atoms with E-state index in [0.29, 0.717) is 11.7 Å². The van der Waals surface area contributed by atoms with Crippen molar-refractivity contribution in [2.24, 2.45) is 0 Å². The van der Waals surface area contributed by atoms with E-state index in [-0.39, 0.29) is 6.10 Å². The van der Waals surface area contributed by atoms with E-state index in [1.807, 2.05) is 13.0 Å². The van der Waals surface area contributed by atoms with E-state index in [1.54, 1.807) is 7.11 Å². The molecule has 5 heteroatoms. The molecule has 2 aromatic rings. The molecule has 1 aromatic carbocycles.